The minimum Gasteiger partial charge on any atom is -0.310 e. The van der Waals surface area contributed by atoms with Crippen molar-refractivity contribution in [3.05, 3.63) is 0 Å². The Labute approximate surface area is 35.6 Å². The number of carbonyl (C=O) groups excluding carboxylic acids is 1. The number of amides is 1. The molecule has 0 aromatic rings. The average Bonchev–Trinajstić information content (AvgIpc) is 1.65. The molecular weight excluding hydrogens is 85.0 g/mol. The fraction of sp³-hybridized carbons (Fsp3) is 0.667. The van der Waals surface area contributed by atoms with Crippen LogP contribution in [-0.2, 0) is 4.79 Å². The standard InChI is InChI=1S/C3H5FNO/c1-5(2-4)3-6/h2H2,1H3. The van der Waals surface area contributed by atoms with E-state index in [1.165, 1.54) is 13.5 Å². The summed E-state index contributed by atoms with van der Waals surface area (Å²) in [7, 11) is 1.31. The van der Waals surface area contributed by atoms with Gasteiger partial charge in [-0.25, -0.2) is 4.39 Å². The van der Waals surface area contributed by atoms with Gasteiger partial charge in [-0.05, 0) is 0 Å². The Kier molecular flexibility index (Phi) is 2.36. The molecule has 35 valence electrons. The van der Waals surface area contributed by atoms with E-state index in [4.69, 9.17) is 0 Å². The Morgan fingerprint density at radius 2 is 2.50 bits per heavy atom. The average molecular weight is 90.1 g/mol. The van der Waals surface area contributed by atoms with Gasteiger partial charge in [-0.15, -0.1) is 0 Å². The van der Waals surface area contributed by atoms with Gasteiger partial charge in [-0.3, -0.25) is 4.79 Å². The van der Waals surface area contributed by atoms with E-state index in [9.17, 15) is 9.18 Å². The Hall–Kier alpha value is -0.600. The molecular formula is C3H5FNO. The molecule has 0 aromatic carbocycles. The fourth-order valence-electron chi connectivity index (χ4n) is 0.0244. The van der Waals surface area contributed by atoms with Crippen molar-refractivity contribution >= 4 is 6.41 Å². The van der Waals surface area contributed by atoms with Gasteiger partial charge in [0.1, 0.15) is 0 Å². The summed E-state index contributed by atoms with van der Waals surface area (Å²) in [6.45, 7) is -0.760. The first-order valence-corrected chi connectivity index (χ1v) is 1.46. The highest BCUT2D eigenvalue weighted by atomic mass is 19.1. The molecule has 0 atom stereocenters. The zero-order chi connectivity index (χ0) is 4.99. The summed E-state index contributed by atoms with van der Waals surface area (Å²) >= 11 is 0. The van der Waals surface area contributed by atoms with E-state index in [1.54, 1.807) is 0 Å². The van der Waals surface area contributed by atoms with Crippen molar-refractivity contribution in [2.45, 2.75) is 0 Å². The minimum absolute atomic E-state index is 0.760. The van der Waals surface area contributed by atoms with E-state index in [0.717, 1.165) is 4.90 Å². The van der Waals surface area contributed by atoms with Crippen LogP contribution in [0.2, 0.25) is 0 Å². The van der Waals surface area contributed by atoms with Crippen LogP contribution < -0.4 is 0 Å². The highest BCUT2D eigenvalue weighted by Crippen LogP contribution is 1.70. The molecule has 1 radical (unpaired) electrons. The molecule has 0 aromatic heterocycles. The van der Waals surface area contributed by atoms with Crippen molar-refractivity contribution in [2.24, 2.45) is 0 Å². The molecule has 0 aliphatic carbocycles. The van der Waals surface area contributed by atoms with Gasteiger partial charge in [0.25, 0.3) is 0 Å². The summed E-state index contributed by atoms with van der Waals surface area (Å²) in [5.41, 5.74) is 0. The lowest BCUT2D eigenvalue weighted by Gasteiger charge is -1.96. The molecule has 6 heavy (non-hydrogen) atoms. The second-order valence-electron chi connectivity index (χ2n) is 0.909. The normalized spacial score (nSPS) is 7.67. The van der Waals surface area contributed by atoms with Crippen LogP contribution in [0.15, 0.2) is 0 Å². The smallest absolute Gasteiger partial charge is 0.310 e. The molecule has 0 aliphatic rings. The topological polar surface area (TPSA) is 20.3 Å². The van der Waals surface area contributed by atoms with Gasteiger partial charge in [-0.2, -0.15) is 0 Å². The van der Waals surface area contributed by atoms with Crippen molar-refractivity contribution in [3.63, 3.8) is 0 Å². The Balaban J connectivity index is 2.96. The molecule has 3 heteroatoms. The molecule has 0 spiro atoms. The van der Waals surface area contributed by atoms with E-state index < -0.39 is 6.80 Å². The number of hydrogen-bond donors (Lipinski definition) is 0. The van der Waals surface area contributed by atoms with Crippen LogP contribution in [0.4, 0.5) is 4.39 Å². The lowest BCUT2D eigenvalue weighted by atomic mass is 11.0. The summed E-state index contributed by atoms with van der Waals surface area (Å²) in [5, 5.41) is 0. The van der Waals surface area contributed by atoms with Crippen molar-refractivity contribution in [1.82, 2.24) is 4.90 Å². The molecule has 0 aliphatic heterocycles. The molecule has 0 unspecified atom stereocenters. The van der Waals surface area contributed by atoms with Gasteiger partial charge in [0, 0.05) is 7.05 Å². The van der Waals surface area contributed by atoms with Gasteiger partial charge in [-0.1, -0.05) is 0 Å². The van der Waals surface area contributed by atoms with Gasteiger partial charge in [0.2, 0.25) is 0 Å². The van der Waals surface area contributed by atoms with E-state index in [0.29, 0.717) is 0 Å². The minimum atomic E-state index is -0.760. The number of rotatable bonds is 2. The summed E-state index contributed by atoms with van der Waals surface area (Å²) < 4.78 is 11.1. The number of halogens is 1. The molecule has 0 rings (SSSR count). The highest BCUT2D eigenvalue weighted by Gasteiger charge is 1.85. The predicted molar refractivity (Wildman–Crippen MR) is 19.4 cm³/mol. The zero-order valence-electron chi connectivity index (χ0n) is 3.44. The second kappa shape index (κ2) is 2.63. The van der Waals surface area contributed by atoms with Gasteiger partial charge in [0.15, 0.2) is 6.80 Å². The maximum atomic E-state index is 11.1. The van der Waals surface area contributed by atoms with E-state index in [-0.39, 0.29) is 0 Å². The van der Waals surface area contributed by atoms with Crippen molar-refractivity contribution in [2.75, 3.05) is 13.8 Å². The lowest BCUT2D eigenvalue weighted by molar-refractivity contribution is 0.306. The first-order valence-electron chi connectivity index (χ1n) is 1.46. The van der Waals surface area contributed by atoms with Crippen LogP contribution in [0.3, 0.4) is 0 Å². The first kappa shape index (κ1) is 5.40. The third-order valence-corrected chi connectivity index (χ3v) is 0.335. The van der Waals surface area contributed by atoms with Crippen molar-refractivity contribution < 1.29 is 9.18 Å². The summed E-state index contributed by atoms with van der Waals surface area (Å²) in [5.74, 6) is 0. The molecule has 0 fully saturated rings. The third kappa shape index (κ3) is 1.69. The van der Waals surface area contributed by atoms with Crippen LogP contribution in [0, 0.1) is 0 Å². The number of nitrogens with zero attached hydrogens (tertiary/aromatic N) is 1. The first-order chi connectivity index (χ1) is 2.81. The lowest BCUT2D eigenvalue weighted by Crippen LogP contribution is -2.12. The molecule has 0 saturated heterocycles. The van der Waals surface area contributed by atoms with Crippen LogP contribution in [0.5, 0.6) is 0 Å². The number of alkyl halides is 1. The fourth-order valence-corrected chi connectivity index (χ4v) is 0.0244. The molecule has 0 heterocycles. The van der Waals surface area contributed by atoms with Crippen molar-refractivity contribution in [3.8, 4) is 0 Å². The van der Waals surface area contributed by atoms with E-state index in [2.05, 4.69) is 0 Å². The predicted octanol–water partition coefficient (Wildman–Crippen LogP) is -0.0876. The summed E-state index contributed by atoms with van der Waals surface area (Å²) in [6.07, 6.45) is 1.32. The SMILES string of the molecule is CN([C]=O)CF. The summed E-state index contributed by atoms with van der Waals surface area (Å²) in [4.78, 5) is 10.1. The maximum absolute atomic E-state index is 11.1. The highest BCUT2D eigenvalue weighted by molar-refractivity contribution is 5.46. The monoisotopic (exact) mass is 90.0 g/mol. The Morgan fingerprint density at radius 3 is 2.50 bits per heavy atom. The van der Waals surface area contributed by atoms with Crippen LogP contribution in [0.25, 0.3) is 0 Å². The quantitative estimate of drug-likeness (QED) is 0.343. The van der Waals surface area contributed by atoms with E-state index in [1.807, 2.05) is 0 Å². The molecule has 1 amide bonds. The zero-order valence-corrected chi connectivity index (χ0v) is 3.44. The van der Waals surface area contributed by atoms with Gasteiger partial charge in [0.05, 0.1) is 0 Å². The Bertz CT molecular complexity index is 48.1. The van der Waals surface area contributed by atoms with Crippen LogP contribution in [-0.4, -0.2) is 25.2 Å². The van der Waals surface area contributed by atoms with Gasteiger partial charge < -0.3 is 4.90 Å². The van der Waals surface area contributed by atoms with Gasteiger partial charge >= 0.3 is 6.41 Å². The molecule has 0 N–H and O–H groups in total. The Morgan fingerprint density at radius 1 is 2.00 bits per heavy atom. The molecule has 2 nitrogen and oxygen atoms in total. The number of hydrogen-bond acceptors (Lipinski definition) is 1. The second-order valence-corrected chi connectivity index (χ2v) is 0.909. The van der Waals surface area contributed by atoms with Crippen LogP contribution in [0.1, 0.15) is 0 Å². The third-order valence-electron chi connectivity index (χ3n) is 0.335. The van der Waals surface area contributed by atoms with E-state index >= 15 is 0 Å². The van der Waals surface area contributed by atoms with Crippen molar-refractivity contribution in [1.29, 1.82) is 0 Å². The van der Waals surface area contributed by atoms with Crippen LogP contribution >= 0.6 is 0 Å². The summed E-state index contributed by atoms with van der Waals surface area (Å²) in [6, 6.07) is 0. The molecule has 0 bridgehead atoms. The maximum Gasteiger partial charge on any atom is 0.313 e. The molecule has 0 saturated carbocycles. The largest absolute Gasteiger partial charge is 0.313 e.